The molecule has 20 heavy (non-hydrogen) atoms. The van der Waals surface area contributed by atoms with Gasteiger partial charge in [0.25, 0.3) is 0 Å². The van der Waals surface area contributed by atoms with Crippen molar-refractivity contribution in [1.82, 2.24) is 4.90 Å². The van der Waals surface area contributed by atoms with Gasteiger partial charge in [0, 0.05) is 6.54 Å². The molecule has 2 saturated carbocycles. The van der Waals surface area contributed by atoms with Crippen LogP contribution in [0.25, 0.3) is 0 Å². The van der Waals surface area contributed by atoms with Gasteiger partial charge in [0.1, 0.15) is 0 Å². The molecule has 0 spiro atoms. The van der Waals surface area contributed by atoms with E-state index in [2.05, 4.69) is 6.19 Å². The Kier molecular flexibility index (Phi) is 2.93. The standard InChI is InChI=1S/C15H15F3N2/c16-15(17,18)13-5-3-12(4-6-13)14(7-8-14)20(10-19)9-11-1-2-11/h3-6,11H,1-2,7-9H2. The van der Waals surface area contributed by atoms with E-state index in [4.69, 9.17) is 0 Å². The van der Waals surface area contributed by atoms with Crippen LogP contribution in [0, 0.1) is 17.4 Å². The van der Waals surface area contributed by atoms with Gasteiger partial charge in [-0.05, 0) is 49.3 Å². The minimum absolute atomic E-state index is 0.346. The molecule has 2 aliphatic carbocycles. The van der Waals surface area contributed by atoms with Gasteiger partial charge in [0.05, 0.1) is 11.1 Å². The second-order valence-electron chi connectivity index (χ2n) is 5.76. The van der Waals surface area contributed by atoms with E-state index in [0.717, 1.165) is 49.9 Å². The summed E-state index contributed by atoms with van der Waals surface area (Å²) < 4.78 is 37.7. The molecule has 2 fully saturated rings. The fourth-order valence-electron chi connectivity index (χ4n) is 2.67. The average Bonchev–Trinajstić information content (AvgIpc) is 3.29. The van der Waals surface area contributed by atoms with Crippen molar-refractivity contribution in [2.45, 2.75) is 37.4 Å². The normalized spacial score (nSPS) is 20.3. The first-order valence-electron chi connectivity index (χ1n) is 6.81. The molecule has 0 N–H and O–H groups in total. The third-order valence-electron chi connectivity index (χ3n) is 4.25. The molecule has 106 valence electrons. The lowest BCUT2D eigenvalue weighted by molar-refractivity contribution is -0.137. The van der Waals surface area contributed by atoms with E-state index in [9.17, 15) is 18.4 Å². The van der Waals surface area contributed by atoms with E-state index < -0.39 is 11.7 Å². The minimum atomic E-state index is -4.31. The number of halogens is 3. The molecule has 0 aliphatic heterocycles. The second kappa shape index (κ2) is 4.41. The lowest BCUT2D eigenvalue weighted by atomic mass is 10.0. The molecule has 1 aromatic rings. The topological polar surface area (TPSA) is 27.0 Å². The highest BCUT2D eigenvalue weighted by Gasteiger charge is 2.50. The maximum Gasteiger partial charge on any atom is 0.416 e. The molecule has 0 aromatic heterocycles. The Balaban J connectivity index is 1.82. The molecule has 0 radical (unpaired) electrons. The average molecular weight is 280 g/mol. The summed E-state index contributed by atoms with van der Waals surface area (Å²) in [6.45, 7) is 0.734. The van der Waals surface area contributed by atoms with Crippen molar-refractivity contribution in [1.29, 1.82) is 5.26 Å². The zero-order valence-corrected chi connectivity index (χ0v) is 11.0. The van der Waals surface area contributed by atoms with E-state index in [1.807, 2.05) is 0 Å². The molecular formula is C15H15F3N2. The first-order chi connectivity index (χ1) is 9.45. The lowest BCUT2D eigenvalue weighted by Crippen LogP contribution is -2.33. The van der Waals surface area contributed by atoms with Gasteiger partial charge in [-0.3, -0.25) is 4.90 Å². The Labute approximate surface area is 115 Å². The fourth-order valence-corrected chi connectivity index (χ4v) is 2.67. The van der Waals surface area contributed by atoms with Gasteiger partial charge in [-0.15, -0.1) is 0 Å². The smallest absolute Gasteiger partial charge is 0.300 e. The first kappa shape index (κ1) is 13.3. The van der Waals surface area contributed by atoms with Crippen molar-refractivity contribution in [3.8, 4) is 6.19 Å². The Hall–Kier alpha value is -1.70. The van der Waals surface area contributed by atoms with Gasteiger partial charge in [-0.1, -0.05) is 12.1 Å². The minimum Gasteiger partial charge on any atom is -0.300 e. The Morgan fingerprint density at radius 2 is 1.80 bits per heavy atom. The zero-order chi connectivity index (χ0) is 14.4. The molecule has 0 heterocycles. The monoisotopic (exact) mass is 280 g/mol. The predicted molar refractivity (Wildman–Crippen MR) is 67.4 cm³/mol. The Morgan fingerprint density at radius 3 is 2.20 bits per heavy atom. The van der Waals surface area contributed by atoms with Crippen LogP contribution in [0.4, 0.5) is 13.2 Å². The van der Waals surface area contributed by atoms with Crippen LogP contribution >= 0.6 is 0 Å². The highest BCUT2D eigenvalue weighted by molar-refractivity contribution is 5.35. The van der Waals surface area contributed by atoms with Crippen LogP contribution in [-0.4, -0.2) is 11.4 Å². The van der Waals surface area contributed by atoms with Gasteiger partial charge in [0.2, 0.25) is 0 Å². The number of nitriles is 1. The van der Waals surface area contributed by atoms with Crippen LogP contribution < -0.4 is 0 Å². The third kappa shape index (κ3) is 2.35. The number of hydrogen-bond donors (Lipinski definition) is 0. The van der Waals surface area contributed by atoms with Crippen molar-refractivity contribution < 1.29 is 13.2 Å². The number of benzene rings is 1. The quantitative estimate of drug-likeness (QED) is 0.618. The van der Waals surface area contributed by atoms with Crippen molar-refractivity contribution in [3.63, 3.8) is 0 Å². The zero-order valence-electron chi connectivity index (χ0n) is 11.0. The molecule has 2 aliphatic rings. The Morgan fingerprint density at radius 1 is 1.20 bits per heavy atom. The van der Waals surface area contributed by atoms with Gasteiger partial charge in [0.15, 0.2) is 6.19 Å². The van der Waals surface area contributed by atoms with Crippen LogP contribution in [0.15, 0.2) is 24.3 Å². The summed E-state index contributed by atoms with van der Waals surface area (Å²) in [5, 5.41) is 9.32. The second-order valence-corrected chi connectivity index (χ2v) is 5.76. The van der Waals surface area contributed by atoms with Crippen LogP contribution in [0.3, 0.4) is 0 Å². The highest BCUT2D eigenvalue weighted by Crippen LogP contribution is 2.52. The molecular weight excluding hydrogens is 265 g/mol. The molecule has 0 atom stereocenters. The summed E-state index contributed by atoms with van der Waals surface area (Å²) in [5.41, 5.74) is -0.156. The maximum absolute atomic E-state index is 12.6. The van der Waals surface area contributed by atoms with Crippen molar-refractivity contribution >= 4 is 0 Å². The highest BCUT2D eigenvalue weighted by atomic mass is 19.4. The molecule has 0 amide bonds. The summed E-state index contributed by atoms with van der Waals surface area (Å²) in [4.78, 5) is 1.77. The number of nitrogens with zero attached hydrogens (tertiary/aromatic N) is 2. The lowest BCUT2D eigenvalue weighted by Gasteiger charge is -2.27. The van der Waals surface area contributed by atoms with E-state index in [-0.39, 0.29) is 5.54 Å². The Bertz CT molecular complexity index is 534. The van der Waals surface area contributed by atoms with Gasteiger partial charge in [-0.25, -0.2) is 0 Å². The van der Waals surface area contributed by atoms with Gasteiger partial charge >= 0.3 is 6.18 Å². The predicted octanol–water partition coefficient (Wildman–Crippen LogP) is 3.89. The maximum atomic E-state index is 12.6. The molecule has 2 nitrogen and oxygen atoms in total. The van der Waals surface area contributed by atoms with Crippen molar-refractivity contribution in [2.24, 2.45) is 5.92 Å². The van der Waals surface area contributed by atoms with E-state index in [1.54, 1.807) is 4.90 Å². The van der Waals surface area contributed by atoms with Gasteiger partial charge in [-0.2, -0.15) is 18.4 Å². The summed E-state index contributed by atoms with van der Waals surface area (Å²) >= 11 is 0. The molecule has 0 saturated heterocycles. The van der Waals surface area contributed by atoms with Crippen molar-refractivity contribution in [3.05, 3.63) is 35.4 Å². The van der Waals surface area contributed by atoms with Crippen LogP contribution in [0.2, 0.25) is 0 Å². The fraction of sp³-hybridized carbons (Fsp3) is 0.533. The van der Waals surface area contributed by atoms with Crippen LogP contribution in [0.5, 0.6) is 0 Å². The largest absolute Gasteiger partial charge is 0.416 e. The summed E-state index contributed by atoms with van der Waals surface area (Å²) in [7, 11) is 0. The first-order valence-corrected chi connectivity index (χ1v) is 6.81. The van der Waals surface area contributed by atoms with E-state index in [1.165, 1.54) is 12.1 Å². The molecule has 0 unspecified atom stereocenters. The summed E-state index contributed by atoms with van der Waals surface area (Å²) in [5.74, 6) is 0.585. The molecule has 1 aromatic carbocycles. The van der Waals surface area contributed by atoms with Crippen LogP contribution in [-0.2, 0) is 11.7 Å². The molecule has 0 bridgehead atoms. The summed E-state index contributed by atoms with van der Waals surface area (Å²) in [6.07, 6.45) is 1.92. The summed E-state index contributed by atoms with van der Waals surface area (Å²) in [6, 6.07) is 5.27. The molecule has 3 rings (SSSR count). The molecule has 5 heteroatoms. The third-order valence-corrected chi connectivity index (χ3v) is 4.25. The number of rotatable bonds is 4. The van der Waals surface area contributed by atoms with E-state index in [0.29, 0.717) is 5.92 Å². The number of alkyl halides is 3. The van der Waals surface area contributed by atoms with Crippen molar-refractivity contribution in [2.75, 3.05) is 6.54 Å². The SMILES string of the molecule is N#CN(CC1CC1)C1(c2ccc(C(F)(F)F)cc2)CC1. The van der Waals surface area contributed by atoms with Gasteiger partial charge < -0.3 is 0 Å². The van der Waals surface area contributed by atoms with Crippen LogP contribution in [0.1, 0.15) is 36.8 Å². The number of hydrogen-bond acceptors (Lipinski definition) is 2. The van der Waals surface area contributed by atoms with E-state index >= 15 is 0 Å².